The topological polar surface area (TPSA) is 160 Å². The number of sulfone groups is 2. The number of hydrogen-bond donors (Lipinski definition) is 3. The maximum absolute atomic E-state index is 14.5. The van der Waals surface area contributed by atoms with Crippen LogP contribution >= 0.6 is 0 Å². The number of benzene rings is 2. The van der Waals surface area contributed by atoms with Crippen molar-refractivity contribution in [2.45, 2.75) is 301 Å². The van der Waals surface area contributed by atoms with Crippen molar-refractivity contribution in [1.82, 2.24) is 0 Å². The molecule has 1 spiro atoms. The van der Waals surface area contributed by atoms with Crippen LogP contribution in [-0.2, 0) is 33.9 Å². The molecule has 1 saturated heterocycles. The second-order valence-corrected chi connectivity index (χ2v) is 39.3. The van der Waals surface area contributed by atoms with E-state index < -0.39 is 41.7 Å². The summed E-state index contributed by atoms with van der Waals surface area (Å²) in [5.41, 5.74) is -0.476. The molecule has 13 heteroatoms. The number of epoxide rings is 1. The summed E-state index contributed by atoms with van der Waals surface area (Å²) < 4.78 is 71.2. The summed E-state index contributed by atoms with van der Waals surface area (Å²) in [5.74, 6) is 8.18. The molecule has 2 aromatic carbocycles. The average Bonchev–Trinajstić information content (AvgIpc) is 1.71. The van der Waals surface area contributed by atoms with Gasteiger partial charge in [-0.25, -0.2) is 16.8 Å². The normalized spacial score (nSPS) is 42.4. The Morgan fingerprint density at radius 1 is 0.537 bits per heavy atom. The first-order chi connectivity index (χ1) is 43.4. The van der Waals surface area contributed by atoms with Crippen LogP contribution in [0.3, 0.4) is 0 Å². The van der Waals surface area contributed by atoms with E-state index in [0.29, 0.717) is 93.5 Å². The molecule has 0 amide bonds. The molecule has 0 radical (unpaired) electrons. The molecule has 2 aromatic rings. The van der Waals surface area contributed by atoms with E-state index in [1.165, 1.54) is 109 Å². The van der Waals surface area contributed by atoms with Crippen LogP contribution in [0.2, 0.25) is 0 Å². The molecule has 1 heterocycles. The van der Waals surface area contributed by atoms with Gasteiger partial charge in [-0.2, -0.15) is 6.42 Å². The van der Waals surface area contributed by atoms with Gasteiger partial charge in [0, 0.05) is 27.4 Å². The van der Waals surface area contributed by atoms with Crippen molar-refractivity contribution in [3.05, 3.63) is 67.6 Å². The number of methoxy groups -OCH3 is 2. The van der Waals surface area contributed by atoms with Gasteiger partial charge in [-0.1, -0.05) is 106 Å². The summed E-state index contributed by atoms with van der Waals surface area (Å²) in [4.78, 5) is 0.871. The minimum absolute atomic E-state index is 0. The van der Waals surface area contributed by atoms with E-state index in [2.05, 4.69) is 55.4 Å². The fraction of sp³-hybridized carbons (Fsp3) is 0.841. The first kappa shape index (κ1) is 81.0. The summed E-state index contributed by atoms with van der Waals surface area (Å²) in [7, 11) is -3.35. The zero-order chi connectivity index (χ0) is 66.3. The van der Waals surface area contributed by atoms with Crippen LogP contribution in [0.25, 0.3) is 0 Å². The first-order valence-corrected chi connectivity index (χ1v) is 40.8. The number of hydrogen-bond acceptors (Lipinski definition) is 10. The third-order valence-electron chi connectivity index (χ3n) is 29.4. The van der Waals surface area contributed by atoms with Crippen molar-refractivity contribution in [2.75, 3.05) is 39.8 Å². The van der Waals surface area contributed by atoms with E-state index in [1.807, 2.05) is 50.2 Å². The van der Waals surface area contributed by atoms with E-state index in [4.69, 9.17) is 14.2 Å². The molecule has 3 N–H and O–H groups in total. The van der Waals surface area contributed by atoms with Crippen LogP contribution in [0.4, 0.5) is 0 Å². The maximum atomic E-state index is 14.5. The zero-order valence-electron chi connectivity index (χ0n) is 60.5. The molecule has 95 heavy (non-hydrogen) atoms. The molecule has 0 aromatic heterocycles. The Kier molecular flexibility index (Phi) is 27.4. The molecule has 10 saturated carbocycles. The van der Waals surface area contributed by atoms with Crippen LogP contribution < -0.4 is 18.9 Å². The largest absolute Gasteiger partial charge is 1.00 e. The van der Waals surface area contributed by atoms with Gasteiger partial charge in [-0.15, -0.1) is 0 Å². The molecular formula is C82H137LiO10S2. The summed E-state index contributed by atoms with van der Waals surface area (Å²) in [6.07, 6.45) is 31.7. The van der Waals surface area contributed by atoms with Gasteiger partial charge in [-0.3, -0.25) is 0 Å². The Labute approximate surface area is 593 Å². The van der Waals surface area contributed by atoms with Gasteiger partial charge in [-0.05, 0) is 316 Å². The monoisotopic (exact) mass is 1350 g/mol. The molecule has 19 atom stereocenters. The number of ether oxygens (including phenoxy) is 3. The van der Waals surface area contributed by atoms with Crippen molar-refractivity contribution in [3.8, 4) is 0 Å². The smallest absolute Gasteiger partial charge is 0.390 e. The van der Waals surface area contributed by atoms with Gasteiger partial charge in [0.1, 0.15) is 0 Å². The Balaban J connectivity index is 0.000000219. The number of unbranched alkanes of at least 4 members (excludes halogenated alkanes) is 1. The molecule has 13 rings (SSSR count). The molecule has 1 aliphatic heterocycles. The van der Waals surface area contributed by atoms with Crippen LogP contribution in [0.15, 0.2) is 70.5 Å². The predicted molar refractivity (Wildman–Crippen MR) is 386 cm³/mol. The average molecular weight is 1350 g/mol. The standard InChI is InChI=1S/C38H60O5S.C29H44O3S.C9H16O2.C4H9.2CH4.Li/c1-26(34(44(41,42)29-9-7-6-8-10-29)24-38(40)19-15-27(16-20-38)25-43-5)31-13-14-32-30-12-11-28-23-35(2,39)21-22-36(28,3)33(30)17-18-37(31,32)4;1-20(19-33(31,32)22-8-6-5-7-9-22)24-12-13-25-23-11-10-21-18-27(2,30)16-17-28(21,3)26(23)14-15-29(24,25)4;1-10-6-8-2-4-9(5-3-8)7-11-9;1-3-4-2;;;/h6-10,26-28,30-34,39-40H,11-25H2,1-5H3;5-9,20-21,23-26,30H,10-19H2,1-4H3;8H,2-7H2,1H3;1,3-4H2,2H3;2*1H4;/q;;;-1;;;+1/t26-,27?,28-,30-,31+,32-,33-,34?,35-,36-,37+,38?;20-,21+,23+,24-,25+,26+,27+,28+,29-;;;;;/m01...../s1. The minimum Gasteiger partial charge on any atom is -0.390 e. The van der Waals surface area contributed by atoms with Crippen molar-refractivity contribution < 1.29 is 65.2 Å². The minimum atomic E-state index is -3.63. The van der Waals surface area contributed by atoms with Gasteiger partial charge in [0.15, 0.2) is 19.7 Å². The fourth-order valence-corrected chi connectivity index (χ4v) is 27.6. The summed E-state index contributed by atoms with van der Waals surface area (Å²) in [5, 5.41) is 33.0. The molecule has 11 fully saturated rings. The Morgan fingerprint density at radius 2 is 0.947 bits per heavy atom. The van der Waals surface area contributed by atoms with Crippen LogP contribution in [0.5, 0.6) is 0 Å². The first-order valence-electron chi connectivity index (χ1n) is 37.6. The quantitative estimate of drug-likeness (QED) is 0.0890. The number of fused-ring (bicyclic) bond motifs is 10. The Hall–Kier alpha value is -1.30. The van der Waals surface area contributed by atoms with E-state index in [1.54, 1.807) is 38.5 Å². The Bertz CT molecular complexity index is 2920. The van der Waals surface area contributed by atoms with Gasteiger partial charge >= 0.3 is 18.9 Å². The molecule has 11 aliphatic rings. The summed E-state index contributed by atoms with van der Waals surface area (Å²) >= 11 is 0. The van der Waals surface area contributed by atoms with E-state index in [0.717, 1.165) is 101 Å². The summed E-state index contributed by atoms with van der Waals surface area (Å²) in [6, 6.07) is 18.1. The van der Waals surface area contributed by atoms with Gasteiger partial charge in [0.25, 0.3) is 0 Å². The second kappa shape index (κ2) is 32.2. The predicted octanol–water partition coefficient (Wildman–Crippen LogP) is 15.8. The van der Waals surface area contributed by atoms with E-state index in [9.17, 15) is 32.2 Å². The Morgan fingerprint density at radius 3 is 1.38 bits per heavy atom. The van der Waals surface area contributed by atoms with Crippen molar-refractivity contribution in [3.63, 3.8) is 0 Å². The number of rotatable bonds is 15. The number of aliphatic hydroxyl groups is 3. The molecular weight excluding hydrogens is 1220 g/mol. The maximum Gasteiger partial charge on any atom is 1.00 e. The molecule has 10 nitrogen and oxygen atoms in total. The molecule has 1 unspecified atom stereocenters. The molecule has 0 bridgehead atoms. The SMILES string of the molecule is C.C.COCC1CCC(O)(CC([C@@H](C)[C@H]2CC[C@H]3[C@@H]4CC[C@H]5C[C@@](C)(O)CC[C@]5(C)[C@H]4CC[C@]23C)S(=O)(=O)c2ccccc2)CC1.COCC1CCC2(CC1)CO2.C[C@H](CS(=O)(=O)c1ccccc1)[C@H]1CC[C@H]2[C@@H]3CC[C@H]4C[C@@](C)(O)CC[C@]4(C)[C@H]3CC[C@]12C.[CH2-]CCC.[Li+]. The fourth-order valence-electron chi connectivity index (χ4n) is 23.7. The van der Waals surface area contributed by atoms with Crippen molar-refractivity contribution in [2.24, 2.45) is 105 Å². The van der Waals surface area contributed by atoms with Gasteiger partial charge in [0.2, 0.25) is 0 Å². The molecule has 10 aliphatic carbocycles. The third-order valence-corrected chi connectivity index (χ3v) is 33.6. The van der Waals surface area contributed by atoms with Crippen molar-refractivity contribution >= 4 is 19.7 Å². The van der Waals surface area contributed by atoms with Gasteiger partial charge in [0.05, 0.1) is 49.8 Å². The van der Waals surface area contributed by atoms with Crippen LogP contribution in [-0.4, -0.2) is 99.6 Å². The van der Waals surface area contributed by atoms with E-state index in [-0.39, 0.29) is 62.1 Å². The zero-order valence-corrected chi connectivity index (χ0v) is 62.1. The van der Waals surface area contributed by atoms with E-state index >= 15 is 0 Å². The summed E-state index contributed by atoms with van der Waals surface area (Å²) in [6.45, 7) is 27.0. The van der Waals surface area contributed by atoms with Crippen LogP contribution in [0.1, 0.15) is 263 Å². The second-order valence-electron chi connectivity index (χ2n) is 35.1. The van der Waals surface area contributed by atoms with Crippen molar-refractivity contribution in [1.29, 1.82) is 0 Å². The third kappa shape index (κ3) is 17.2. The van der Waals surface area contributed by atoms with Gasteiger partial charge < -0.3 is 36.5 Å². The van der Waals surface area contributed by atoms with Crippen LogP contribution in [0, 0.1) is 111 Å². The molecule has 538 valence electrons.